The number of nitrogens with zero attached hydrogens (tertiary/aromatic N) is 1. The Morgan fingerprint density at radius 2 is 2.27 bits per heavy atom. The number of likely N-dealkylation sites (N-methyl/N-ethyl adjacent to an activating group) is 1. The Labute approximate surface area is 129 Å². The fourth-order valence-electron chi connectivity index (χ4n) is 1.96. The summed E-state index contributed by atoms with van der Waals surface area (Å²) in [5.74, 6) is 6.33. The van der Waals surface area contributed by atoms with Gasteiger partial charge in [-0.1, -0.05) is 11.8 Å². The molecule has 6 heteroatoms. The van der Waals surface area contributed by atoms with Crippen molar-refractivity contribution >= 4 is 11.6 Å². The summed E-state index contributed by atoms with van der Waals surface area (Å²) < 4.78 is 11.0. The van der Waals surface area contributed by atoms with Gasteiger partial charge >= 0.3 is 0 Å². The zero-order chi connectivity index (χ0) is 16.3. The Balaban J connectivity index is 2.14. The van der Waals surface area contributed by atoms with Gasteiger partial charge in [-0.3, -0.25) is 4.79 Å². The number of hydrogen-bond acceptors (Lipinski definition) is 5. The minimum absolute atomic E-state index is 0.140. The summed E-state index contributed by atoms with van der Waals surface area (Å²) in [5.41, 5.74) is 5.29. The Morgan fingerprint density at radius 1 is 1.55 bits per heavy atom. The van der Waals surface area contributed by atoms with Crippen LogP contribution in [0.25, 0.3) is 0 Å². The van der Waals surface area contributed by atoms with Crippen LogP contribution in [0, 0.1) is 11.8 Å². The molecule has 0 bridgehead atoms. The minimum atomic E-state index is -1.05. The maximum atomic E-state index is 12.0. The van der Waals surface area contributed by atoms with E-state index in [1.807, 2.05) is 0 Å². The molecule has 1 amide bonds. The summed E-state index contributed by atoms with van der Waals surface area (Å²) in [6.45, 7) is 3.49. The number of rotatable bonds is 2. The molecule has 1 aliphatic heterocycles. The van der Waals surface area contributed by atoms with E-state index in [0.717, 1.165) is 0 Å². The number of hydrogen-bond donors (Lipinski definition) is 2. The van der Waals surface area contributed by atoms with Gasteiger partial charge in [-0.25, -0.2) is 0 Å². The van der Waals surface area contributed by atoms with Crippen molar-refractivity contribution in [1.29, 1.82) is 0 Å². The first-order valence-corrected chi connectivity index (χ1v) is 6.93. The lowest BCUT2D eigenvalue weighted by atomic mass is 10.1. The topological polar surface area (TPSA) is 85.0 Å². The molecule has 1 atom stereocenters. The van der Waals surface area contributed by atoms with Crippen LogP contribution in [0.3, 0.4) is 0 Å². The molecule has 1 heterocycles. The predicted molar refractivity (Wildman–Crippen MR) is 82.9 cm³/mol. The third-order valence-corrected chi connectivity index (χ3v) is 3.06. The molecular weight excluding hydrogens is 284 g/mol. The highest BCUT2D eigenvalue weighted by molar-refractivity contribution is 5.98. The van der Waals surface area contributed by atoms with E-state index in [-0.39, 0.29) is 19.1 Å². The molecule has 0 fully saturated rings. The van der Waals surface area contributed by atoms with Crippen molar-refractivity contribution < 1.29 is 19.4 Å². The Hall–Kier alpha value is -2.23. The Bertz CT molecular complexity index is 625. The lowest BCUT2D eigenvalue weighted by molar-refractivity contribution is -0.119. The van der Waals surface area contributed by atoms with Gasteiger partial charge in [0.25, 0.3) is 0 Å². The number of nitrogens with two attached hydrogens (primary N) is 1. The Kier molecular flexibility index (Phi) is 4.59. The third-order valence-electron chi connectivity index (χ3n) is 3.06. The molecule has 0 aliphatic carbocycles. The van der Waals surface area contributed by atoms with Crippen molar-refractivity contribution in [3.05, 3.63) is 18.2 Å². The normalized spacial score (nSPS) is 17.8. The average molecular weight is 304 g/mol. The van der Waals surface area contributed by atoms with E-state index in [9.17, 15) is 9.90 Å². The van der Waals surface area contributed by atoms with Gasteiger partial charge in [-0.2, -0.15) is 0 Å². The SMILES string of the molecule is CN1C(=O)[C@@H](N)COc2ccc(OCC#CC(C)(C)O)cc21. The van der Waals surface area contributed by atoms with Gasteiger partial charge in [0, 0.05) is 13.1 Å². The van der Waals surface area contributed by atoms with Crippen LogP contribution in [-0.2, 0) is 4.79 Å². The molecule has 1 aliphatic rings. The van der Waals surface area contributed by atoms with Crippen LogP contribution in [0.4, 0.5) is 5.69 Å². The van der Waals surface area contributed by atoms with Crippen LogP contribution in [-0.4, -0.2) is 42.9 Å². The molecule has 118 valence electrons. The first-order valence-electron chi connectivity index (χ1n) is 6.93. The van der Waals surface area contributed by atoms with Crippen molar-refractivity contribution in [3.63, 3.8) is 0 Å². The number of benzene rings is 1. The number of ether oxygens (including phenoxy) is 2. The fraction of sp³-hybridized carbons (Fsp3) is 0.438. The number of carbonyl (C=O) groups excluding carboxylic acids is 1. The second-order valence-electron chi connectivity index (χ2n) is 5.59. The number of fused-ring (bicyclic) bond motifs is 1. The first-order chi connectivity index (χ1) is 10.3. The molecule has 1 aromatic carbocycles. The maximum absolute atomic E-state index is 12.0. The summed E-state index contributed by atoms with van der Waals surface area (Å²) in [7, 11) is 1.65. The lowest BCUT2D eigenvalue weighted by Crippen LogP contribution is -2.43. The van der Waals surface area contributed by atoms with Crippen molar-refractivity contribution in [3.8, 4) is 23.3 Å². The monoisotopic (exact) mass is 304 g/mol. The van der Waals surface area contributed by atoms with Crippen LogP contribution in [0.2, 0.25) is 0 Å². The molecule has 1 aromatic rings. The number of aliphatic hydroxyl groups is 1. The molecule has 0 aromatic heterocycles. The van der Waals surface area contributed by atoms with Crippen LogP contribution in [0.5, 0.6) is 11.5 Å². The fourth-order valence-corrected chi connectivity index (χ4v) is 1.96. The molecule has 0 unspecified atom stereocenters. The highest BCUT2D eigenvalue weighted by atomic mass is 16.5. The summed E-state index contributed by atoms with van der Waals surface area (Å²) in [6.07, 6.45) is 0. The van der Waals surface area contributed by atoms with E-state index in [0.29, 0.717) is 17.2 Å². The quantitative estimate of drug-likeness (QED) is 0.778. The van der Waals surface area contributed by atoms with E-state index in [1.54, 1.807) is 39.1 Å². The molecule has 2 rings (SSSR count). The van der Waals surface area contributed by atoms with Gasteiger partial charge < -0.3 is 25.2 Å². The van der Waals surface area contributed by atoms with E-state index in [4.69, 9.17) is 15.2 Å². The van der Waals surface area contributed by atoms with Crippen LogP contribution in [0.1, 0.15) is 13.8 Å². The summed E-state index contributed by atoms with van der Waals surface area (Å²) in [4.78, 5) is 13.5. The first kappa shape index (κ1) is 16.1. The van der Waals surface area contributed by atoms with Crippen LogP contribution in [0.15, 0.2) is 18.2 Å². The zero-order valence-corrected chi connectivity index (χ0v) is 12.9. The smallest absolute Gasteiger partial charge is 0.247 e. The number of anilines is 1. The van der Waals surface area contributed by atoms with Crippen molar-refractivity contribution in [1.82, 2.24) is 0 Å². The van der Waals surface area contributed by atoms with Crippen molar-refractivity contribution in [2.24, 2.45) is 5.73 Å². The second kappa shape index (κ2) is 6.26. The molecule has 0 radical (unpaired) electrons. The largest absolute Gasteiger partial charge is 0.489 e. The summed E-state index contributed by atoms with van der Waals surface area (Å²) in [5, 5.41) is 9.49. The molecule has 3 N–H and O–H groups in total. The third kappa shape index (κ3) is 3.91. The van der Waals surface area contributed by atoms with E-state index in [2.05, 4.69) is 11.8 Å². The lowest BCUT2D eigenvalue weighted by Gasteiger charge is -2.18. The highest BCUT2D eigenvalue weighted by Gasteiger charge is 2.26. The molecular formula is C16H20N2O4. The van der Waals surface area contributed by atoms with Gasteiger partial charge in [-0.15, -0.1) is 0 Å². The van der Waals surface area contributed by atoms with E-state index < -0.39 is 11.6 Å². The predicted octanol–water partition coefficient (Wildman–Crippen LogP) is 0.522. The van der Waals surface area contributed by atoms with Gasteiger partial charge in [0.2, 0.25) is 5.91 Å². The molecule has 0 saturated heterocycles. The van der Waals surface area contributed by atoms with Gasteiger partial charge in [0.15, 0.2) is 0 Å². The van der Waals surface area contributed by atoms with E-state index in [1.165, 1.54) is 4.90 Å². The van der Waals surface area contributed by atoms with E-state index >= 15 is 0 Å². The molecule has 0 saturated carbocycles. The van der Waals surface area contributed by atoms with Crippen molar-refractivity contribution in [2.45, 2.75) is 25.5 Å². The molecule has 0 spiro atoms. The van der Waals surface area contributed by atoms with Crippen molar-refractivity contribution in [2.75, 3.05) is 25.2 Å². The molecule has 22 heavy (non-hydrogen) atoms. The maximum Gasteiger partial charge on any atom is 0.247 e. The van der Waals surface area contributed by atoms with Crippen LogP contribution < -0.4 is 20.1 Å². The number of amides is 1. The Morgan fingerprint density at radius 3 is 2.95 bits per heavy atom. The highest BCUT2D eigenvalue weighted by Crippen LogP contribution is 2.33. The van der Waals surface area contributed by atoms with Crippen LogP contribution >= 0.6 is 0 Å². The minimum Gasteiger partial charge on any atom is -0.489 e. The van der Waals surface area contributed by atoms with Gasteiger partial charge in [0.1, 0.15) is 36.4 Å². The molecule has 6 nitrogen and oxygen atoms in total. The second-order valence-corrected chi connectivity index (χ2v) is 5.59. The number of carbonyl (C=O) groups is 1. The average Bonchev–Trinajstić information content (AvgIpc) is 2.56. The standard InChI is InChI=1S/C16H20N2O4/c1-16(2,20)7-4-8-21-11-5-6-14-13(9-11)18(3)15(19)12(17)10-22-14/h5-6,9,12,20H,8,10,17H2,1-3H3/t12-/m0/s1. The zero-order valence-electron chi connectivity index (χ0n) is 12.9. The van der Waals surface area contributed by atoms with Gasteiger partial charge in [0.05, 0.1) is 5.69 Å². The van der Waals surface area contributed by atoms with Gasteiger partial charge in [-0.05, 0) is 26.0 Å². The summed E-state index contributed by atoms with van der Waals surface area (Å²) >= 11 is 0. The summed E-state index contributed by atoms with van der Waals surface area (Å²) in [6, 6.07) is 4.49.